The maximum atomic E-state index is 4.30. The van der Waals surface area contributed by atoms with Crippen LogP contribution in [0.1, 0.15) is 0 Å². The van der Waals surface area contributed by atoms with Crippen molar-refractivity contribution in [1.82, 2.24) is 19.7 Å². The summed E-state index contributed by atoms with van der Waals surface area (Å²) >= 11 is 0. The summed E-state index contributed by atoms with van der Waals surface area (Å²) in [5.74, 6) is 0.690. The third kappa shape index (κ3) is 1.92. The Bertz CT molecular complexity index is 548. The molecular weight excluding hydrogens is 212 g/mol. The Labute approximate surface area is 98.6 Å². The fourth-order valence-electron chi connectivity index (χ4n) is 1.61. The lowest BCUT2D eigenvalue weighted by molar-refractivity contribution is 0.880. The van der Waals surface area contributed by atoms with Gasteiger partial charge in [-0.15, -0.1) is 0 Å². The molecule has 0 N–H and O–H groups in total. The molecule has 0 aliphatic carbocycles. The van der Waals surface area contributed by atoms with Crippen LogP contribution in [-0.2, 0) is 0 Å². The predicted octanol–water partition coefficient (Wildman–Crippen LogP) is 2.33. The third-order valence-electron chi connectivity index (χ3n) is 2.43. The van der Waals surface area contributed by atoms with Gasteiger partial charge >= 0.3 is 0 Å². The van der Waals surface area contributed by atoms with E-state index in [4.69, 9.17) is 0 Å². The van der Waals surface area contributed by atoms with E-state index in [1.807, 2.05) is 41.2 Å². The molecule has 0 saturated carbocycles. The van der Waals surface area contributed by atoms with Crippen LogP contribution in [0.5, 0.6) is 0 Å². The van der Waals surface area contributed by atoms with Gasteiger partial charge in [0.1, 0.15) is 0 Å². The highest BCUT2D eigenvalue weighted by atomic mass is 15.3. The molecular formula is C13H10N4. The molecule has 0 saturated heterocycles. The monoisotopic (exact) mass is 222 g/mol. The molecule has 1 aromatic carbocycles. The van der Waals surface area contributed by atoms with E-state index in [-0.39, 0.29) is 0 Å². The minimum atomic E-state index is 0.690. The summed E-state index contributed by atoms with van der Waals surface area (Å²) in [5, 5.41) is 4.30. The zero-order chi connectivity index (χ0) is 11.5. The SMILES string of the molecule is c1ccc(-n2cc(-c3ncccn3)cn2)cc1. The van der Waals surface area contributed by atoms with Crippen LogP contribution in [0.4, 0.5) is 0 Å². The zero-order valence-corrected chi connectivity index (χ0v) is 9.06. The average Bonchev–Trinajstić information content (AvgIpc) is 2.90. The van der Waals surface area contributed by atoms with Crippen LogP contribution in [0.15, 0.2) is 61.2 Å². The second kappa shape index (κ2) is 4.17. The Hall–Kier alpha value is -2.49. The lowest BCUT2D eigenvalue weighted by Gasteiger charge is -1.98. The molecule has 0 amide bonds. The van der Waals surface area contributed by atoms with Gasteiger partial charge in [-0.25, -0.2) is 14.6 Å². The molecule has 0 fully saturated rings. The number of rotatable bonds is 2. The second-order valence-electron chi connectivity index (χ2n) is 3.58. The van der Waals surface area contributed by atoms with Crippen molar-refractivity contribution in [3.63, 3.8) is 0 Å². The van der Waals surface area contributed by atoms with Crippen LogP contribution in [-0.4, -0.2) is 19.7 Å². The van der Waals surface area contributed by atoms with Gasteiger partial charge in [-0.1, -0.05) is 18.2 Å². The molecule has 0 radical (unpaired) electrons. The summed E-state index contributed by atoms with van der Waals surface area (Å²) in [4.78, 5) is 8.38. The highest BCUT2D eigenvalue weighted by molar-refractivity contribution is 5.52. The van der Waals surface area contributed by atoms with Crippen molar-refractivity contribution in [1.29, 1.82) is 0 Å². The Morgan fingerprint density at radius 3 is 2.41 bits per heavy atom. The molecule has 82 valence electrons. The molecule has 0 bridgehead atoms. The van der Waals surface area contributed by atoms with Crippen LogP contribution in [0, 0.1) is 0 Å². The molecule has 2 heterocycles. The molecule has 0 spiro atoms. The summed E-state index contributed by atoms with van der Waals surface area (Å²) in [6.45, 7) is 0. The Morgan fingerprint density at radius 2 is 1.65 bits per heavy atom. The molecule has 0 aliphatic heterocycles. The van der Waals surface area contributed by atoms with E-state index in [2.05, 4.69) is 15.1 Å². The van der Waals surface area contributed by atoms with E-state index in [1.54, 1.807) is 24.7 Å². The standard InChI is InChI=1S/C13H10N4/c1-2-5-12(6-3-1)17-10-11(9-16-17)13-14-7-4-8-15-13/h1-10H. The first-order valence-electron chi connectivity index (χ1n) is 5.31. The van der Waals surface area contributed by atoms with Crippen molar-refractivity contribution < 1.29 is 0 Å². The second-order valence-corrected chi connectivity index (χ2v) is 3.58. The molecule has 0 unspecified atom stereocenters. The molecule has 4 nitrogen and oxygen atoms in total. The van der Waals surface area contributed by atoms with Crippen molar-refractivity contribution >= 4 is 0 Å². The molecule has 4 heteroatoms. The van der Waals surface area contributed by atoms with Gasteiger partial charge in [0.25, 0.3) is 0 Å². The maximum Gasteiger partial charge on any atom is 0.162 e. The van der Waals surface area contributed by atoms with Crippen molar-refractivity contribution in [2.24, 2.45) is 0 Å². The van der Waals surface area contributed by atoms with Crippen molar-refractivity contribution in [3.8, 4) is 17.1 Å². The molecule has 17 heavy (non-hydrogen) atoms. The largest absolute Gasteiger partial charge is 0.240 e. The van der Waals surface area contributed by atoms with Crippen LogP contribution >= 0.6 is 0 Å². The summed E-state index contributed by atoms with van der Waals surface area (Å²) in [5.41, 5.74) is 1.93. The number of hydrogen-bond acceptors (Lipinski definition) is 3. The average molecular weight is 222 g/mol. The topological polar surface area (TPSA) is 43.6 Å². The van der Waals surface area contributed by atoms with E-state index in [1.165, 1.54) is 0 Å². The van der Waals surface area contributed by atoms with Gasteiger partial charge in [0, 0.05) is 18.6 Å². The van der Waals surface area contributed by atoms with Gasteiger partial charge in [-0.3, -0.25) is 0 Å². The maximum absolute atomic E-state index is 4.30. The minimum Gasteiger partial charge on any atom is -0.240 e. The third-order valence-corrected chi connectivity index (χ3v) is 2.43. The summed E-state index contributed by atoms with van der Waals surface area (Å²) in [6.07, 6.45) is 7.14. The van der Waals surface area contributed by atoms with Gasteiger partial charge in [0.2, 0.25) is 0 Å². The van der Waals surface area contributed by atoms with E-state index < -0.39 is 0 Å². The van der Waals surface area contributed by atoms with E-state index in [0.717, 1.165) is 11.3 Å². The highest BCUT2D eigenvalue weighted by Crippen LogP contribution is 2.14. The molecule has 3 rings (SSSR count). The van der Waals surface area contributed by atoms with E-state index in [0.29, 0.717) is 5.82 Å². The fraction of sp³-hybridized carbons (Fsp3) is 0. The van der Waals surface area contributed by atoms with Crippen LogP contribution in [0.25, 0.3) is 17.1 Å². The van der Waals surface area contributed by atoms with Gasteiger partial charge in [0.05, 0.1) is 17.4 Å². The van der Waals surface area contributed by atoms with Gasteiger partial charge in [-0.2, -0.15) is 5.10 Å². The lowest BCUT2D eigenvalue weighted by atomic mass is 10.3. The Kier molecular flexibility index (Phi) is 2.38. The molecule has 0 atom stereocenters. The molecule has 0 aliphatic rings. The number of hydrogen-bond donors (Lipinski definition) is 0. The van der Waals surface area contributed by atoms with Crippen LogP contribution < -0.4 is 0 Å². The first-order chi connectivity index (χ1) is 8.43. The number of para-hydroxylation sites is 1. The van der Waals surface area contributed by atoms with Crippen LogP contribution in [0.2, 0.25) is 0 Å². The van der Waals surface area contributed by atoms with Crippen molar-refractivity contribution in [3.05, 3.63) is 61.2 Å². The van der Waals surface area contributed by atoms with Gasteiger partial charge in [-0.05, 0) is 18.2 Å². The van der Waals surface area contributed by atoms with Gasteiger partial charge < -0.3 is 0 Å². The lowest BCUT2D eigenvalue weighted by Crippen LogP contribution is -1.92. The fourth-order valence-corrected chi connectivity index (χ4v) is 1.61. The number of benzene rings is 1. The summed E-state index contributed by atoms with van der Waals surface area (Å²) in [7, 11) is 0. The Morgan fingerprint density at radius 1 is 0.882 bits per heavy atom. The highest BCUT2D eigenvalue weighted by Gasteiger charge is 2.04. The smallest absolute Gasteiger partial charge is 0.162 e. The number of aromatic nitrogens is 4. The number of nitrogens with zero attached hydrogens (tertiary/aromatic N) is 4. The summed E-state index contributed by atoms with van der Waals surface area (Å²) in [6, 6.07) is 11.7. The molecule has 3 aromatic rings. The summed E-state index contributed by atoms with van der Waals surface area (Å²) < 4.78 is 1.81. The predicted molar refractivity (Wildman–Crippen MR) is 64.6 cm³/mol. The zero-order valence-electron chi connectivity index (χ0n) is 9.06. The van der Waals surface area contributed by atoms with Gasteiger partial charge in [0.15, 0.2) is 5.82 Å². The quantitative estimate of drug-likeness (QED) is 0.668. The van der Waals surface area contributed by atoms with Crippen molar-refractivity contribution in [2.45, 2.75) is 0 Å². The molecule has 2 aromatic heterocycles. The van der Waals surface area contributed by atoms with Crippen LogP contribution in [0.3, 0.4) is 0 Å². The normalized spacial score (nSPS) is 10.4. The first kappa shape index (κ1) is 9.72. The minimum absolute atomic E-state index is 0.690. The van der Waals surface area contributed by atoms with Crippen molar-refractivity contribution in [2.75, 3.05) is 0 Å². The Balaban J connectivity index is 1.99. The van der Waals surface area contributed by atoms with E-state index in [9.17, 15) is 0 Å². The first-order valence-corrected chi connectivity index (χ1v) is 5.31. The van der Waals surface area contributed by atoms with E-state index >= 15 is 0 Å².